The lowest BCUT2D eigenvalue weighted by molar-refractivity contribution is -0.147. The maximum absolute atomic E-state index is 12.3. The van der Waals surface area contributed by atoms with E-state index in [1.165, 1.54) is 70.6 Å². The van der Waals surface area contributed by atoms with E-state index in [0.29, 0.717) is 12.8 Å². The van der Waals surface area contributed by atoms with Gasteiger partial charge in [-0.3, -0.25) is 18.6 Å². The van der Waals surface area contributed by atoms with E-state index in [1.54, 1.807) is 0 Å². The summed E-state index contributed by atoms with van der Waals surface area (Å²) < 4.78 is 26.8. The average molecular weight is 826 g/mol. The second kappa shape index (κ2) is 40.2. The molecule has 0 radical (unpaired) electrons. The molecule has 0 saturated carbocycles. The second-order valence-corrected chi connectivity index (χ2v) is 16.3. The molecule has 57 heavy (non-hydrogen) atoms. The first-order valence-electron chi connectivity index (χ1n) is 22.2. The molecule has 3 unspecified atom stereocenters. The summed E-state index contributed by atoms with van der Waals surface area (Å²) >= 11 is 0. The number of ether oxygens (including phenoxy) is 1. The van der Waals surface area contributed by atoms with Gasteiger partial charge in [-0.05, 0) is 77.0 Å². The number of carbonyl (C=O) groups excluding carboxylic acids is 2. The number of unbranched alkanes of at least 4 members (excludes halogenated alkanes) is 19. The number of aliphatic carboxylic acids is 1. The van der Waals surface area contributed by atoms with E-state index in [-0.39, 0.29) is 12.8 Å². The predicted octanol–water partition coefficient (Wildman–Crippen LogP) is 11.4. The Hall–Kier alpha value is -2.56. The van der Waals surface area contributed by atoms with Crippen molar-refractivity contribution in [3.8, 4) is 0 Å². The van der Waals surface area contributed by atoms with Gasteiger partial charge < -0.3 is 25.2 Å². The van der Waals surface area contributed by atoms with E-state index in [9.17, 15) is 34.1 Å². The summed E-state index contributed by atoms with van der Waals surface area (Å²) in [5, 5.41) is 21.8. The molecule has 0 spiro atoms. The number of carboxylic acid groups (broad SMARTS) is 1. The second-order valence-electron chi connectivity index (χ2n) is 14.9. The van der Waals surface area contributed by atoms with E-state index < -0.39 is 57.6 Å². The Balaban J connectivity index is 3.93. The third kappa shape index (κ3) is 40.0. The number of amides is 1. The van der Waals surface area contributed by atoms with Crippen molar-refractivity contribution >= 4 is 25.7 Å². The molecule has 0 rings (SSSR count). The SMILES string of the molecule is CCCCC/C=C\C/C=C\CCCCCCCCCC(=O)OCC(O)COP(=O)(O)OCC(NC(=O)CCCCCCC/C=C\C/C=C\CCCCCC)C(=O)O. The molecular formula is C45H80NO10P. The first kappa shape index (κ1) is 54.4. The molecule has 0 aliphatic carbocycles. The molecule has 330 valence electrons. The van der Waals surface area contributed by atoms with E-state index in [4.69, 9.17) is 13.8 Å². The molecule has 0 aliphatic heterocycles. The minimum Gasteiger partial charge on any atom is -0.480 e. The van der Waals surface area contributed by atoms with Crippen LogP contribution < -0.4 is 5.32 Å². The predicted molar refractivity (Wildman–Crippen MR) is 231 cm³/mol. The zero-order chi connectivity index (χ0) is 42.1. The third-order valence-corrected chi connectivity index (χ3v) is 10.3. The molecule has 12 heteroatoms. The van der Waals surface area contributed by atoms with Gasteiger partial charge in [-0.25, -0.2) is 9.36 Å². The van der Waals surface area contributed by atoms with Gasteiger partial charge in [-0.15, -0.1) is 0 Å². The highest BCUT2D eigenvalue weighted by Crippen LogP contribution is 2.43. The largest absolute Gasteiger partial charge is 0.480 e. The van der Waals surface area contributed by atoms with Crippen LogP contribution in [0.25, 0.3) is 0 Å². The zero-order valence-corrected chi connectivity index (χ0v) is 36.5. The van der Waals surface area contributed by atoms with Crippen LogP contribution in [-0.2, 0) is 32.7 Å². The van der Waals surface area contributed by atoms with Gasteiger partial charge in [0.25, 0.3) is 0 Å². The molecule has 0 aromatic carbocycles. The summed E-state index contributed by atoms with van der Waals surface area (Å²) in [7, 11) is -4.76. The van der Waals surface area contributed by atoms with Crippen LogP contribution in [0.4, 0.5) is 0 Å². The van der Waals surface area contributed by atoms with Crippen molar-refractivity contribution < 1.29 is 47.8 Å². The molecule has 0 aromatic heterocycles. The van der Waals surface area contributed by atoms with E-state index >= 15 is 0 Å². The number of nitrogens with one attached hydrogen (secondary N) is 1. The number of carbonyl (C=O) groups is 3. The molecule has 3 atom stereocenters. The van der Waals surface area contributed by atoms with Crippen LogP contribution in [-0.4, -0.2) is 64.9 Å². The van der Waals surface area contributed by atoms with Crippen LogP contribution in [0.15, 0.2) is 48.6 Å². The van der Waals surface area contributed by atoms with Crippen molar-refractivity contribution in [2.24, 2.45) is 0 Å². The Morgan fingerprint density at radius 1 is 0.561 bits per heavy atom. The van der Waals surface area contributed by atoms with Gasteiger partial charge in [-0.2, -0.15) is 0 Å². The maximum atomic E-state index is 12.3. The minimum absolute atomic E-state index is 0.128. The fourth-order valence-electron chi connectivity index (χ4n) is 5.84. The third-order valence-electron chi connectivity index (χ3n) is 9.34. The summed E-state index contributed by atoms with van der Waals surface area (Å²) in [6.07, 6.45) is 44.1. The highest BCUT2D eigenvalue weighted by molar-refractivity contribution is 7.47. The van der Waals surface area contributed by atoms with Crippen LogP contribution >= 0.6 is 7.82 Å². The van der Waals surface area contributed by atoms with Crippen LogP contribution in [0.5, 0.6) is 0 Å². The molecule has 0 heterocycles. The summed E-state index contributed by atoms with van der Waals surface area (Å²) in [5.41, 5.74) is 0. The van der Waals surface area contributed by atoms with Crippen molar-refractivity contribution in [2.75, 3.05) is 19.8 Å². The molecule has 0 aliphatic rings. The molecule has 1 amide bonds. The molecule has 0 bridgehead atoms. The van der Waals surface area contributed by atoms with Crippen LogP contribution in [0.2, 0.25) is 0 Å². The van der Waals surface area contributed by atoms with Gasteiger partial charge in [0.2, 0.25) is 5.91 Å². The number of rotatable bonds is 41. The molecule has 0 fully saturated rings. The Morgan fingerprint density at radius 2 is 0.965 bits per heavy atom. The highest BCUT2D eigenvalue weighted by atomic mass is 31.2. The van der Waals surface area contributed by atoms with Gasteiger partial charge in [0.1, 0.15) is 12.7 Å². The smallest absolute Gasteiger partial charge is 0.472 e. The zero-order valence-electron chi connectivity index (χ0n) is 35.6. The van der Waals surface area contributed by atoms with E-state index in [2.05, 4.69) is 67.8 Å². The van der Waals surface area contributed by atoms with Crippen molar-refractivity contribution in [3.05, 3.63) is 48.6 Å². The number of phosphoric ester groups is 1. The van der Waals surface area contributed by atoms with Gasteiger partial charge in [0, 0.05) is 12.8 Å². The summed E-state index contributed by atoms with van der Waals surface area (Å²) in [6.45, 7) is 2.53. The number of allylic oxidation sites excluding steroid dienone is 8. The highest BCUT2D eigenvalue weighted by Gasteiger charge is 2.28. The Morgan fingerprint density at radius 3 is 1.46 bits per heavy atom. The number of aliphatic hydroxyl groups excluding tert-OH is 1. The topological polar surface area (TPSA) is 169 Å². The monoisotopic (exact) mass is 826 g/mol. The van der Waals surface area contributed by atoms with Gasteiger partial charge in [0.15, 0.2) is 6.04 Å². The average Bonchev–Trinajstić information content (AvgIpc) is 3.18. The number of hydrogen-bond donors (Lipinski definition) is 4. The first-order valence-corrected chi connectivity index (χ1v) is 23.7. The van der Waals surface area contributed by atoms with Crippen molar-refractivity contribution in [3.63, 3.8) is 0 Å². The summed E-state index contributed by atoms with van der Waals surface area (Å²) in [4.78, 5) is 45.9. The Kier molecular flexibility index (Phi) is 38.4. The van der Waals surface area contributed by atoms with E-state index in [0.717, 1.165) is 77.0 Å². The van der Waals surface area contributed by atoms with Crippen LogP contribution in [0.1, 0.15) is 187 Å². The van der Waals surface area contributed by atoms with Crippen LogP contribution in [0.3, 0.4) is 0 Å². The number of phosphoric acid groups is 1. The minimum atomic E-state index is -4.76. The maximum Gasteiger partial charge on any atom is 0.472 e. The van der Waals surface area contributed by atoms with Crippen LogP contribution in [0, 0.1) is 0 Å². The lowest BCUT2D eigenvalue weighted by Gasteiger charge is -2.18. The number of hydrogen-bond acceptors (Lipinski definition) is 8. The van der Waals surface area contributed by atoms with Gasteiger partial charge in [-0.1, -0.05) is 146 Å². The first-order chi connectivity index (χ1) is 27.6. The van der Waals surface area contributed by atoms with Crippen molar-refractivity contribution in [2.45, 2.75) is 199 Å². The fourth-order valence-corrected chi connectivity index (χ4v) is 6.62. The number of aliphatic hydroxyl groups is 1. The molecule has 0 saturated heterocycles. The molecular weight excluding hydrogens is 745 g/mol. The van der Waals surface area contributed by atoms with E-state index in [1.807, 2.05) is 0 Å². The molecule has 11 nitrogen and oxygen atoms in total. The molecule has 0 aromatic rings. The van der Waals surface area contributed by atoms with Crippen molar-refractivity contribution in [1.29, 1.82) is 0 Å². The van der Waals surface area contributed by atoms with Crippen molar-refractivity contribution in [1.82, 2.24) is 5.32 Å². The Labute approximate surface area is 345 Å². The lowest BCUT2D eigenvalue weighted by Crippen LogP contribution is -2.43. The van der Waals surface area contributed by atoms with Gasteiger partial charge in [0.05, 0.1) is 13.2 Å². The van der Waals surface area contributed by atoms with Gasteiger partial charge >= 0.3 is 19.8 Å². The fraction of sp³-hybridized carbons (Fsp3) is 0.756. The Bertz CT molecular complexity index is 1150. The molecule has 4 N–H and O–H groups in total. The number of esters is 1. The summed E-state index contributed by atoms with van der Waals surface area (Å²) in [6, 6.07) is -1.56. The number of carboxylic acids is 1. The standard InChI is InChI=1S/C45H80NO10P/c1-3-5-7-9-11-13-15-17-19-21-23-25-27-29-31-33-35-37-44(49)54-38-41(47)39-55-57(52,53)56-40-42(45(50)51)46-43(48)36-34-32-30-28-26-24-22-20-18-16-14-12-10-8-6-4-2/h11,13-14,16-17,19-20,22,41-42,47H,3-10,12,15,18,21,23-40H2,1-2H3,(H,46,48)(H,50,51)(H,52,53)/b13-11-,16-14-,19-17-,22-20-. The lowest BCUT2D eigenvalue weighted by atomic mass is 10.1. The quantitative estimate of drug-likeness (QED) is 0.0201. The summed E-state index contributed by atoms with van der Waals surface area (Å²) in [5.74, 6) is -2.40. The normalized spacial score (nSPS) is 14.2.